The minimum atomic E-state index is -0.321. The summed E-state index contributed by atoms with van der Waals surface area (Å²) < 4.78 is 13.4. The van der Waals surface area contributed by atoms with E-state index in [2.05, 4.69) is 21.2 Å². The van der Waals surface area contributed by atoms with Gasteiger partial charge in [0, 0.05) is 4.47 Å². The minimum Gasteiger partial charge on any atom is -0.371 e. The van der Waals surface area contributed by atoms with Crippen LogP contribution in [0.25, 0.3) is 0 Å². The molecule has 12 heavy (non-hydrogen) atoms. The Balaban J connectivity index is 2.84. The lowest BCUT2D eigenvalue weighted by Crippen LogP contribution is -1.99. The molecule has 0 bridgehead atoms. The van der Waals surface area contributed by atoms with Gasteiger partial charge in [-0.25, -0.2) is 4.39 Å². The summed E-state index contributed by atoms with van der Waals surface area (Å²) in [5.74, 6) is -0.321. The monoisotopic (exact) mass is 228 g/mol. The van der Waals surface area contributed by atoms with E-state index in [1.165, 1.54) is 12.1 Å². The first-order chi connectivity index (χ1) is 5.74. The molecule has 0 aliphatic carbocycles. The van der Waals surface area contributed by atoms with Crippen molar-refractivity contribution in [1.82, 2.24) is 0 Å². The highest BCUT2D eigenvalue weighted by atomic mass is 79.9. The molecule has 0 saturated carbocycles. The van der Waals surface area contributed by atoms with Gasteiger partial charge in [0.1, 0.15) is 12.4 Å². The van der Waals surface area contributed by atoms with E-state index in [1.807, 2.05) is 6.07 Å². The molecule has 0 amide bonds. The van der Waals surface area contributed by atoms with Crippen molar-refractivity contribution in [3.05, 3.63) is 28.5 Å². The smallest absolute Gasteiger partial charge is 0.125 e. The van der Waals surface area contributed by atoms with Crippen LogP contribution in [0.2, 0.25) is 0 Å². The van der Waals surface area contributed by atoms with Crippen molar-refractivity contribution in [1.29, 1.82) is 5.26 Å². The van der Waals surface area contributed by atoms with E-state index in [9.17, 15) is 4.39 Å². The van der Waals surface area contributed by atoms with E-state index >= 15 is 0 Å². The van der Waals surface area contributed by atoms with Crippen molar-refractivity contribution in [2.45, 2.75) is 0 Å². The van der Waals surface area contributed by atoms with Gasteiger partial charge in [-0.1, -0.05) is 0 Å². The number of nitrogens with one attached hydrogen (secondary N) is 1. The van der Waals surface area contributed by atoms with Gasteiger partial charge in [0.2, 0.25) is 0 Å². The number of hydrogen-bond acceptors (Lipinski definition) is 2. The Kier molecular flexibility index (Phi) is 3.06. The standard InChI is InChI=1S/C8H6BrFN2/c9-7-2-1-6(10)5-8(7)12-4-3-11/h1-2,5,12H,4H2. The average molecular weight is 229 g/mol. The summed E-state index contributed by atoms with van der Waals surface area (Å²) in [5, 5.41) is 11.0. The molecule has 1 N–H and O–H groups in total. The first-order valence-electron chi connectivity index (χ1n) is 3.30. The topological polar surface area (TPSA) is 35.8 Å². The molecule has 1 rings (SSSR count). The average Bonchev–Trinajstić information content (AvgIpc) is 2.07. The highest BCUT2D eigenvalue weighted by Crippen LogP contribution is 2.22. The zero-order chi connectivity index (χ0) is 8.97. The van der Waals surface area contributed by atoms with Gasteiger partial charge in [0.05, 0.1) is 11.8 Å². The van der Waals surface area contributed by atoms with Crippen LogP contribution in [0, 0.1) is 17.1 Å². The Morgan fingerprint density at radius 1 is 1.58 bits per heavy atom. The third-order valence-corrected chi connectivity index (χ3v) is 1.98. The van der Waals surface area contributed by atoms with Crippen LogP contribution in [0.5, 0.6) is 0 Å². The summed E-state index contributed by atoms with van der Waals surface area (Å²) in [6.07, 6.45) is 0. The molecule has 62 valence electrons. The maximum Gasteiger partial charge on any atom is 0.125 e. The van der Waals surface area contributed by atoms with Crippen molar-refractivity contribution >= 4 is 21.6 Å². The first kappa shape index (κ1) is 9.01. The molecular formula is C8H6BrFN2. The van der Waals surface area contributed by atoms with E-state index in [4.69, 9.17) is 5.26 Å². The van der Waals surface area contributed by atoms with Gasteiger partial charge < -0.3 is 5.32 Å². The van der Waals surface area contributed by atoms with E-state index < -0.39 is 0 Å². The molecule has 0 fully saturated rings. The van der Waals surface area contributed by atoms with Crippen LogP contribution in [0.4, 0.5) is 10.1 Å². The van der Waals surface area contributed by atoms with Gasteiger partial charge >= 0.3 is 0 Å². The summed E-state index contributed by atoms with van der Waals surface area (Å²) in [6.45, 7) is 0.169. The molecule has 0 aromatic heterocycles. The lowest BCUT2D eigenvalue weighted by Gasteiger charge is -2.03. The molecule has 0 spiro atoms. The van der Waals surface area contributed by atoms with Crippen LogP contribution < -0.4 is 5.32 Å². The highest BCUT2D eigenvalue weighted by Gasteiger charge is 1.99. The summed E-state index contributed by atoms with van der Waals surface area (Å²) in [6, 6.07) is 6.18. The molecule has 1 aromatic carbocycles. The molecule has 4 heteroatoms. The Labute approximate surface area is 78.1 Å². The molecule has 2 nitrogen and oxygen atoms in total. The third kappa shape index (κ3) is 2.21. The zero-order valence-electron chi connectivity index (χ0n) is 6.14. The fourth-order valence-corrected chi connectivity index (χ4v) is 1.15. The molecule has 0 aliphatic heterocycles. The van der Waals surface area contributed by atoms with Gasteiger partial charge in [0.25, 0.3) is 0 Å². The molecule has 0 atom stereocenters. The first-order valence-corrected chi connectivity index (χ1v) is 4.09. The SMILES string of the molecule is N#CCNc1cc(F)ccc1Br. The molecular weight excluding hydrogens is 223 g/mol. The van der Waals surface area contributed by atoms with E-state index in [0.717, 1.165) is 4.47 Å². The van der Waals surface area contributed by atoms with Crippen molar-refractivity contribution in [3.63, 3.8) is 0 Å². The summed E-state index contributed by atoms with van der Waals surface area (Å²) in [7, 11) is 0. The Morgan fingerprint density at radius 2 is 2.33 bits per heavy atom. The van der Waals surface area contributed by atoms with Crippen LogP contribution in [-0.4, -0.2) is 6.54 Å². The second-order valence-corrected chi connectivity index (χ2v) is 2.99. The Morgan fingerprint density at radius 3 is 3.00 bits per heavy atom. The van der Waals surface area contributed by atoms with E-state index in [1.54, 1.807) is 6.07 Å². The summed E-state index contributed by atoms with van der Waals surface area (Å²) in [4.78, 5) is 0. The van der Waals surface area contributed by atoms with Crippen molar-refractivity contribution in [3.8, 4) is 6.07 Å². The number of hydrogen-bond donors (Lipinski definition) is 1. The van der Waals surface area contributed by atoms with Gasteiger partial charge in [0.15, 0.2) is 0 Å². The lowest BCUT2D eigenvalue weighted by molar-refractivity contribution is 0.628. The highest BCUT2D eigenvalue weighted by molar-refractivity contribution is 9.10. The summed E-state index contributed by atoms with van der Waals surface area (Å²) >= 11 is 3.22. The number of nitrogens with zero attached hydrogens (tertiary/aromatic N) is 1. The number of rotatable bonds is 2. The maximum atomic E-state index is 12.6. The molecule has 0 radical (unpaired) electrons. The zero-order valence-corrected chi connectivity index (χ0v) is 7.73. The van der Waals surface area contributed by atoms with Gasteiger partial charge in [-0.2, -0.15) is 5.26 Å². The second-order valence-electron chi connectivity index (χ2n) is 2.14. The normalized spacial score (nSPS) is 9.08. The third-order valence-electron chi connectivity index (χ3n) is 1.29. The number of halogens is 2. The number of benzene rings is 1. The van der Waals surface area contributed by atoms with Crippen molar-refractivity contribution in [2.75, 3.05) is 11.9 Å². The van der Waals surface area contributed by atoms with Crippen molar-refractivity contribution in [2.24, 2.45) is 0 Å². The number of nitriles is 1. The number of anilines is 1. The van der Waals surface area contributed by atoms with E-state index in [0.29, 0.717) is 5.69 Å². The minimum absolute atomic E-state index is 0.169. The molecule has 0 aliphatic rings. The van der Waals surface area contributed by atoms with E-state index in [-0.39, 0.29) is 12.4 Å². The molecule has 0 saturated heterocycles. The van der Waals surface area contributed by atoms with Crippen LogP contribution in [0.3, 0.4) is 0 Å². The quantitative estimate of drug-likeness (QED) is 0.791. The molecule has 0 unspecified atom stereocenters. The molecule has 1 aromatic rings. The summed E-state index contributed by atoms with van der Waals surface area (Å²) in [5.41, 5.74) is 0.594. The predicted molar refractivity (Wildman–Crippen MR) is 48.2 cm³/mol. The fraction of sp³-hybridized carbons (Fsp3) is 0.125. The Hall–Kier alpha value is -1.08. The maximum absolute atomic E-state index is 12.6. The van der Waals surface area contributed by atoms with Crippen LogP contribution in [0.1, 0.15) is 0 Å². The van der Waals surface area contributed by atoms with Crippen LogP contribution in [-0.2, 0) is 0 Å². The predicted octanol–water partition coefficient (Wildman–Crippen LogP) is 2.52. The molecule has 0 heterocycles. The van der Waals surface area contributed by atoms with Gasteiger partial charge in [-0.3, -0.25) is 0 Å². The Bertz CT molecular complexity index is 319. The largest absolute Gasteiger partial charge is 0.371 e. The van der Waals surface area contributed by atoms with Gasteiger partial charge in [-0.15, -0.1) is 0 Å². The van der Waals surface area contributed by atoms with Crippen LogP contribution in [0.15, 0.2) is 22.7 Å². The fourth-order valence-electron chi connectivity index (χ4n) is 0.768. The van der Waals surface area contributed by atoms with Gasteiger partial charge in [-0.05, 0) is 34.1 Å². The van der Waals surface area contributed by atoms with Crippen LogP contribution >= 0.6 is 15.9 Å². The second kappa shape index (κ2) is 4.07. The van der Waals surface area contributed by atoms with Crippen molar-refractivity contribution < 1.29 is 4.39 Å². The lowest BCUT2D eigenvalue weighted by atomic mass is 10.3.